The minimum atomic E-state index is 0.488. The quantitative estimate of drug-likeness (QED) is 0.911. The van der Waals surface area contributed by atoms with Gasteiger partial charge in [-0.2, -0.15) is 0 Å². The van der Waals surface area contributed by atoms with Crippen molar-refractivity contribution in [1.29, 1.82) is 0 Å². The highest BCUT2D eigenvalue weighted by Crippen LogP contribution is 2.37. The zero-order chi connectivity index (χ0) is 12.8. The summed E-state index contributed by atoms with van der Waals surface area (Å²) in [5.41, 5.74) is 1.63. The third kappa shape index (κ3) is 2.26. The van der Waals surface area contributed by atoms with Gasteiger partial charge in [-0.25, -0.2) is 0 Å². The van der Waals surface area contributed by atoms with Crippen molar-refractivity contribution in [3.63, 3.8) is 0 Å². The molecule has 1 N–H and O–H groups in total. The van der Waals surface area contributed by atoms with Gasteiger partial charge in [0.05, 0.1) is 12.2 Å². The molecule has 2 bridgehead atoms. The van der Waals surface area contributed by atoms with Gasteiger partial charge in [0.2, 0.25) is 0 Å². The zero-order valence-corrected chi connectivity index (χ0v) is 12.5. The molecular weight excluding hydrogens is 254 g/mol. The van der Waals surface area contributed by atoms with Gasteiger partial charge in [-0.05, 0) is 63.5 Å². The monoisotopic (exact) mass is 277 g/mol. The molecule has 0 saturated carbocycles. The van der Waals surface area contributed by atoms with Gasteiger partial charge < -0.3 is 10.1 Å². The molecule has 3 heteroatoms. The number of fused-ring (bicyclic) bond motifs is 3. The Bertz CT molecular complexity index is 446. The summed E-state index contributed by atoms with van der Waals surface area (Å²) in [5, 5.41) is 3.82. The van der Waals surface area contributed by atoms with Crippen molar-refractivity contribution >= 4 is 11.3 Å². The summed E-state index contributed by atoms with van der Waals surface area (Å²) < 4.78 is 5.94. The topological polar surface area (TPSA) is 21.3 Å². The van der Waals surface area contributed by atoms with E-state index in [0.717, 1.165) is 0 Å². The van der Waals surface area contributed by atoms with E-state index in [0.29, 0.717) is 24.3 Å². The number of ether oxygens (including phenoxy) is 1. The summed E-state index contributed by atoms with van der Waals surface area (Å²) in [7, 11) is 0. The second kappa shape index (κ2) is 4.87. The fourth-order valence-corrected chi connectivity index (χ4v) is 5.21. The first kappa shape index (κ1) is 12.4. The lowest BCUT2D eigenvalue weighted by atomic mass is 9.94. The number of thiophene rings is 1. The van der Waals surface area contributed by atoms with Gasteiger partial charge in [-0.15, -0.1) is 11.3 Å². The summed E-state index contributed by atoms with van der Waals surface area (Å²) >= 11 is 2.04. The lowest BCUT2D eigenvalue weighted by molar-refractivity contribution is 0.0963. The molecular formula is C16H23NOS. The van der Waals surface area contributed by atoms with Gasteiger partial charge in [0.25, 0.3) is 0 Å². The Morgan fingerprint density at radius 3 is 2.95 bits per heavy atom. The smallest absolute Gasteiger partial charge is 0.0733 e. The molecule has 3 heterocycles. The largest absolute Gasteiger partial charge is 0.373 e. The van der Waals surface area contributed by atoms with Crippen LogP contribution in [0, 0.1) is 0 Å². The first-order chi connectivity index (χ1) is 9.29. The first-order valence-corrected chi connectivity index (χ1v) is 8.64. The van der Waals surface area contributed by atoms with Gasteiger partial charge >= 0.3 is 0 Å². The number of hydrogen-bond donors (Lipinski definition) is 1. The van der Waals surface area contributed by atoms with E-state index in [1.165, 1.54) is 49.8 Å². The molecule has 2 fully saturated rings. The Morgan fingerprint density at radius 2 is 2.21 bits per heavy atom. The van der Waals surface area contributed by atoms with Crippen LogP contribution in [-0.2, 0) is 17.6 Å². The summed E-state index contributed by atoms with van der Waals surface area (Å²) in [6, 6.07) is 3.54. The van der Waals surface area contributed by atoms with Crippen LogP contribution in [0.25, 0.3) is 0 Å². The van der Waals surface area contributed by atoms with Crippen molar-refractivity contribution in [3.8, 4) is 0 Å². The second-order valence-electron chi connectivity index (χ2n) is 6.41. The van der Waals surface area contributed by atoms with E-state index in [4.69, 9.17) is 4.74 Å². The number of nitrogens with one attached hydrogen (secondary N) is 1. The minimum absolute atomic E-state index is 0.488. The maximum absolute atomic E-state index is 5.94. The maximum Gasteiger partial charge on any atom is 0.0733 e. The highest BCUT2D eigenvalue weighted by atomic mass is 32.1. The molecule has 19 heavy (non-hydrogen) atoms. The van der Waals surface area contributed by atoms with Crippen molar-refractivity contribution < 1.29 is 4.74 Å². The van der Waals surface area contributed by atoms with Gasteiger partial charge in [0.1, 0.15) is 0 Å². The van der Waals surface area contributed by atoms with Crippen LogP contribution >= 0.6 is 11.3 Å². The Kier molecular flexibility index (Phi) is 3.17. The molecule has 2 saturated heterocycles. The third-order valence-electron chi connectivity index (χ3n) is 5.01. The average Bonchev–Trinajstić information content (AvgIpc) is 3.12. The van der Waals surface area contributed by atoms with Crippen molar-refractivity contribution in [2.24, 2.45) is 0 Å². The molecule has 1 aliphatic carbocycles. The van der Waals surface area contributed by atoms with Crippen LogP contribution in [0.1, 0.15) is 60.4 Å². The van der Waals surface area contributed by atoms with E-state index < -0.39 is 0 Å². The standard InChI is InChI=1S/C16H23NOS/c1-10(17-13-9-12-6-7-14(13)18-12)16-8-11-4-2-3-5-15(11)19-16/h8,10,12-14,17H,2-7,9H2,1H3. The Labute approximate surface area is 119 Å². The number of rotatable bonds is 3. The first-order valence-electron chi connectivity index (χ1n) is 7.82. The van der Waals surface area contributed by atoms with E-state index in [-0.39, 0.29) is 0 Å². The summed E-state index contributed by atoms with van der Waals surface area (Å²) in [6.07, 6.45) is 10.2. The summed E-state index contributed by atoms with van der Waals surface area (Å²) in [6.45, 7) is 2.32. The molecule has 4 atom stereocenters. The van der Waals surface area contributed by atoms with Gasteiger partial charge in [-0.3, -0.25) is 0 Å². The highest BCUT2D eigenvalue weighted by Gasteiger charge is 2.41. The molecule has 0 spiro atoms. The van der Waals surface area contributed by atoms with Gasteiger partial charge in [0, 0.05) is 21.8 Å². The van der Waals surface area contributed by atoms with Gasteiger partial charge in [-0.1, -0.05) is 0 Å². The zero-order valence-electron chi connectivity index (χ0n) is 11.7. The molecule has 0 amide bonds. The fourth-order valence-electron chi connectivity index (χ4n) is 3.94. The van der Waals surface area contributed by atoms with Crippen molar-refractivity contribution in [2.45, 2.75) is 76.2 Å². The van der Waals surface area contributed by atoms with Crippen molar-refractivity contribution in [3.05, 3.63) is 21.4 Å². The molecule has 3 aliphatic rings. The number of aryl methyl sites for hydroxylation is 2. The Hall–Kier alpha value is -0.380. The van der Waals surface area contributed by atoms with Crippen LogP contribution < -0.4 is 5.32 Å². The van der Waals surface area contributed by atoms with E-state index in [1.807, 2.05) is 11.3 Å². The van der Waals surface area contributed by atoms with Crippen LogP contribution in [0.15, 0.2) is 6.07 Å². The van der Waals surface area contributed by atoms with E-state index in [1.54, 1.807) is 10.4 Å². The number of hydrogen-bond acceptors (Lipinski definition) is 3. The van der Waals surface area contributed by atoms with Crippen molar-refractivity contribution in [2.75, 3.05) is 0 Å². The molecule has 2 nitrogen and oxygen atoms in total. The molecule has 4 rings (SSSR count). The van der Waals surface area contributed by atoms with Crippen LogP contribution in [0.2, 0.25) is 0 Å². The molecule has 0 aromatic carbocycles. The van der Waals surface area contributed by atoms with Crippen LogP contribution in [0.4, 0.5) is 0 Å². The van der Waals surface area contributed by atoms with Crippen molar-refractivity contribution in [1.82, 2.24) is 5.32 Å². The van der Waals surface area contributed by atoms with Gasteiger partial charge in [0.15, 0.2) is 0 Å². The Morgan fingerprint density at radius 1 is 1.32 bits per heavy atom. The molecule has 0 radical (unpaired) electrons. The minimum Gasteiger partial charge on any atom is -0.373 e. The lowest BCUT2D eigenvalue weighted by Gasteiger charge is -2.24. The van der Waals surface area contributed by atoms with E-state index in [9.17, 15) is 0 Å². The lowest BCUT2D eigenvalue weighted by Crippen LogP contribution is -2.38. The molecule has 4 unspecified atom stereocenters. The third-order valence-corrected chi connectivity index (χ3v) is 6.43. The molecule has 2 aliphatic heterocycles. The average molecular weight is 277 g/mol. The maximum atomic E-state index is 5.94. The highest BCUT2D eigenvalue weighted by molar-refractivity contribution is 7.12. The summed E-state index contributed by atoms with van der Waals surface area (Å²) in [5.74, 6) is 0. The molecule has 1 aromatic rings. The van der Waals surface area contributed by atoms with Crippen LogP contribution in [0.5, 0.6) is 0 Å². The molecule has 1 aromatic heterocycles. The van der Waals surface area contributed by atoms with E-state index in [2.05, 4.69) is 18.3 Å². The fraction of sp³-hybridized carbons (Fsp3) is 0.750. The molecule has 104 valence electrons. The summed E-state index contributed by atoms with van der Waals surface area (Å²) in [4.78, 5) is 3.19. The Balaban J connectivity index is 1.45. The van der Waals surface area contributed by atoms with Crippen LogP contribution in [-0.4, -0.2) is 18.2 Å². The van der Waals surface area contributed by atoms with Crippen LogP contribution in [0.3, 0.4) is 0 Å². The van der Waals surface area contributed by atoms with E-state index >= 15 is 0 Å². The second-order valence-corrected chi connectivity index (χ2v) is 7.58. The SMILES string of the molecule is CC(NC1CC2CCC1O2)c1cc2c(s1)CCCC2. The normalized spacial score (nSPS) is 34.5. The predicted octanol–water partition coefficient (Wildman–Crippen LogP) is 3.60. The predicted molar refractivity (Wildman–Crippen MR) is 78.8 cm³/mol.